The van der Waals surface area contributed by atoms with E-state index >= 15 is 0 Å². The lowest BCUT2D eigenvalue weighted by Crippen LogP contribution is -2.27. The predicted molar refractivity (Wildman–Crippen MR) is 134 cm³/mol. The molecule has 6 nitrogen and oxygen atoms in total. The van der Waals surface area contributed by atoms with Crippen molar-refractivity contribution in [3.63, 3.8) is 0 Å². The molecule has 2 aliphatic carbocycles. The highest BCUT2D eigenvalue weighted by atomic mass is 35.5. The van der Waals surface area contributed by atoms with Gasteiger partial charge in [-0.15, -0.1) is 11.3 Å². The van der Waals surface area contributed by atoms with E-state index in [0.717, 1.165) is 61.6 Å². The van der Waals surface area contributed by atoms with Crippen molar-refractivity contribution < 1.29 is 4.79 Å². The summed E-state index contributed by atoms with van der Waals surface area (Å²) in [5, 5.41) is 13.9. The van der Waals surface area contributed by atoms with Crippen LogP contribution in [0, 0.1) is 11.3 Å². The minimum absolute atomic E-state index is 0.0517. The highest BCUT2D eigenvalue weighted by Gasteiger charge is 2.27. The third-order valence-electron chi connectivity index (χ3n) is 6.39. The zero-order chi connectivity index (χ0) is 22.9. The first-order valence-corrected chi connectivity index (χ1v) is 13.4. The Balaban J connectivity index is 1.45. The van der Waals surface area contributed by atoms with E-state index in [9.17, 15) is 14.9 Å². The summed E-state index contributed by atoms with van der Waals surface area (Å²) in [5.74, 6) is -0.177. The number of hydrogen-bond acceptors (Lipinski definition) is 6. The van der Waals surface area contributed by atoms with E-state index in [-0.39, 0.29) is 23.3 Å². The fourth-order valence-electron chi connectivity index (χ4n) is 4.82. The number of thiophene rings is 1. The number of carbonyl (C=O) groups excluding carboxylic acids is 1. The smallest absolute Gasteiger partial charge is 0.263 e. The second kappa shape index (κ2) is 9.49. The van der Waals surface area contributed by atoms with E-state index in [1.165, 1.54) is 22.2 Å². The van der Waals surface area contributed by atoms with Gasteiger partial charge >= 0.3 is 0 Å². The molecule has 1 amide bonds. The zero-order valence-electron chi connectivity index (χ0n) is 18.0. The monoisotopic (exact) mass is 498 g/mol. The van der Waals surface area contributed by atoms with Crippen LogP contribution in [0.3, 0.4) is 0 Å². The van der Waals surface area contributed by atoms with E-state index in [2.05, 4.69) is 11.4 Å². The quantitative estimate of drug-likeness (QED) is 0.359. The molecule has 3 aromatic rings. The fourth-order valence-corrected chi connectivity index (χ4v) is 7.16. The third-order valence-corrected chi connectivity index (χ3v) is 8.76. The zero-order valence-corrected chi connectivity index (χ0v) is 20.4. The lowest BCUT2D eigenvalue weighted by molar-refractivity contribution is -0.113. The number of benzene rings is 1. The Morgan fingerprint density at radius 2 is 2.06 bits per heavy atom. The lowest BCUT2D eigenvalue weighted by atomic mass is 9.97. The number of nitrogens with one attached hydrogen (secondary N) is 1. The minimum Gasteiger partial charge on any atom is -0.324 e. The number of aryl methyl sites for hydroxylation is 2. The van der Waals surface area contributed by atoms with Crippen LogP contribution < -0.4 is 10.9 Å². The van der Waals surface area contributed by atoms with Gasteiger partial charge in [0.05, 0.1) is 22.4 Å². The summed E-state index contributed by atoms with van der Waals surface area (Å²) in [6.07, 6.45) is 8.39. The summed E-state index contributed by atoms with van der Waals surface area (Å²) >= 11 is 8.94. The molecule has 33 heavy (non-hydrogen) atoms. The number of carbonyl (C=O) groups is 1. The highest BCUT2D eigenvalue weighted by molar-refractivity contribution is 7.99. The molecule has 0 aliphatic heterocycles. The van der Waals surface area contributed by atoms with Crippen molar-refractivity contribution >= 4 is 56.5 Å². The van der Waals surface area contributed by atoms with Gasteiger partial charge in [0.25, 0.3) is 5.56 Å². The van der Waals surface area contributed by atoms with Gasteiger partial charge in [0.15, 0.2) is 5.16 Å². The molecule has 2 heterocycles. The van der Waals surface area contributed by atoms with Crippen LogP contribution >= 0.6 is 34.7 Å². The molecule has 5 rings (SSSR count). The molecule has 0 atom stereocenters. The lowest BCUT2D eigenvalue weighted by Gasteiger charge is -2.18. The van der Waals surface area contributed by atoms with Crippen molar-refractivity contribution in [1.82, 2.24) is 9.55 Å². The number of aromatic nitrogens is 2. The number of rotatable bonds is 5. The van der Waals surface area contributed by atoms with Crippen molar-refractivity contribution in [2.75, 3.05) is 11.1 Å². The van der Waals surface area contributed by atoms with Gasteiger partial charge in [-0.1, -0.05) is 36.2 Å². The van der Waals surface area contributed by atoms with E-state index < -0.39 is 0 Å². The molecule has 0 spiro atoms. The maximum Gasteiger partial charge on any atom is 0.263 e. The first-order chi connectivity index (χ1) is 16.0. The largest absolute Gasteiger partial charge is 0.324 e. The summed E-state index contributed by atoms with van der Waals surface area (Å²) in [5.41, 5.74) is 1.99. The van der Waals surface area contributed by atoms with Crippen molar-refractivity contribution in [2.24, 2.45) is 0 Å². The third kappa shape index (κ3) is 4.42. The van der Waals surface area contributed by atoms with Crippen LogP contribution in [0.4, 0.5) is 5.69 Å². The number of amides is 1. The molecular formula is C24H23ClN4O2S2. The number of thioether (sulfide) groups is 1. The molecule has 1 aromatic carbocycles. The Labute approximate surface area is 205 Å². The number of nitriles is 1. The van der Waals surface area contributed by atoms with Crippen LogP contribution in [0.25, 0.3) is 10.2 Å². The normalized spacial score (nSPS) is 16.0. The first kappa shape index (κ1) is 22.5. The van der Waals surface area contributed by atoms with Gasteiger partial charge in [-0.3, -0.25) is 14.2 Å². The van der Waals surface area contributed by atoms with Crippen LogP contribution in [-0.2, 0) is 17.6 Å². The van der Waals surface area contributed by atoms with Crippen LogP contribution in [0.1, 0.15) is 60.6 Å². The second-order valence-electron chi connectivity index (χ2n) is 8.54. The summed E-state index contributed by atoms with van der Waals surface area (Å²) < 4.78 is 1.86. The van der Waals surface area contributed by atoms with Crippen molar-refractivity contribution in [3.8, 4) is 6.07 Å². The highest BCUT2D eigenvalue weighted by Crippen LogP contribution is 2.37. The van der Waals surface area contributed by atoms with Gasteiger partial charge in [0.2, 0.25) is 5.91 Å². The number of halogens is 1. The topological polar surface area (TPSA) is 87.8 Å². The van der Waals surface area contributed by atoms with Crippen LogP contribution in [-0.4, -0.2) is 21.2 Å². The predicted octanol–water partition coefficient (Wildman–Crippen LogP) is 5.71. The Morgan fingerprint density at radius 1 is 1.27 bits per heavy atom. The van der Waals surface area contributed by atoms with E-state index in [0.29, 0.717) is 21.4 Å². The summed E-state index contributed by atoms with van der Waals surface area (Å²) in [6.45, 7) is 0. The summed E-state index contributed by atoms with van der Waals surface area (Å²) in [7, 11) is 0. The van der Waals surface area contributed by atoms with Gasteiger partial charge < -0.3 is 5.32 Å². The Hall–Kier alpha value is -2.34. The molecule has 1 fully saturated rings. The van der Waals surface area contributed by atoms with Crippen LogP contribution in [0.2, 0.25) is 5.02 Å². The summed E-state index contributed by atoms with van der Waals surface area (Å²) in [4.78, 5) is 33.4. The van der Waals surface area contributed by atoms with E-state index in [1.807, 2.05) is 4.57 Å². The molecule has 0 saturated heterocycles. The summed E-state index contributed by atoms with van der Waals surface area (Å²) in [6, 6.07) is 6.96. The molecule has 0 unspecified atom stereocenters. The van der Waals surface area contributed by atoms with Crippen molar-refractivity contribution in [1.29, 1.82) is 5.26 Å². The van der Waals surface area contributed by atoms with Gasteiger partial charge in [-0.25, -0.2) is 4.98 Å². The van der Waals surface area contributed by atoms with Crippen LogP contribution in [0.5, 0.6) is 0 Å². The number of nitrogens with zero attached hydrogens (tertiary/aromatic N) is 3. The van der Waals surface area contributed by atoms with Gasteiger partial charge in [0, 0.05) is 15.9 Å². The standard InChI is InChI=1S/C24H23ClN4O2S2/c25-15-10-9-14(12-26)18(11-15)27-20(30)13-32-24-28-22-21(17-7-3-4-8-19(17)33-22)23(31)29(24)16-5-1-2-6-16/h9-11,16H,1-8,13H2,(H,27,30). The molecular weight excluding hydrogens is 476 g/mol. The second-order valence-corrected chi connectivity index (χ2v) is 11.0. The maximum atomic E-state index is 13.7. The number of anilines is 1. The molecule has 0 bridgehead atoms. The van der Waals surface area contributed by atoms with Crippen molar-refractivity contribution in [3.05, 3.63) is 49.6 Å². The molecule has 2 aromatic heterocycles. The molecule has 1 saturated carbocycles. The van der Waals surface area contributed by atoms with Gasteiger partial charge in [-0.2, -0.15) is 5.26 Å². The minimum atomic E-state index is -0.267. The Morgan fingerprint density at radius 3 is 2.85 bits per heavy atom. The molecule has 170 valence electrons. The molecule has 1 N–H and O–H groups in total. The molecule has 9 heteroatoms. The van der Waals surface area contributed by atoms with Gasteiger partial charge in [-0.05, 0) is 62.3 Å². The average Bonchev–Trinajstić information content (AvgIpc) is 3.45. The number of fused-ring (bicyclic) bond motifs is 3. The molecule has 2 aliphatic rings. The van der Waals surface area contributed by atoms with Crippen LogP contribution in [0.15, 0.2) is 28.2 Å². The number of hydrogen-bond donors (Lipinski definition) is 1. The van der Waals surface area contributed by atoms with Crippen molar-refractivity contribution in [2.45, 2.75) is 62.6 Å². The first-order valence-electron chi connectivity index (χ1n) is 11.2. The Kier molecular flexibility index (Phi) is 6.46. The van der Waals surface area contributed by atoms with E-state index in [1.54, 1.807) is 29.5 Å². The average molecular weight is 499 g/mol. The molecule has 0 radical (unpaired) electrons. The Bertz CT molecular complexity index is 1330. The SMILES string of the molecule is N#Cc1ccc(Cl)cc1NC(=O)CSc1nc2sc3c(c2c(=O)n1C1CCCC1)CCCC3. The maximum absolute atomic E-state index is 13.7. The van der Waals surface area contributed by atoms with Gasteiger partial charge in [0.1, 0.15) is 10.9 Å². The fraction of sp³-hybridized carbons (Fsp3) is 0.417. The van der Waals surface area contributed by atoms with E-state index in [4.69, 9.17) is 16.6 Å².